The lowest BCUT2D eigenvalue weighted by molar-refractivity contribution is -0.723. The lowest BCUT2D eigenvalue weighted by atomic mass is 10.2. The zero-order valence-electron chi connectivity index (χ0n) is 13.9. The minimum atomic E-state index is -4.03. The second-order valence-corrected chi connectivity index (χ2v) is 9.44. The van der Waals surface area contributed by atoms with Crippen molar-refractivity contribution in [3.8, 4) is 0 Å². The molecule has 0 fully saturated rings. The lowest BCUT2D eigenvalue weighted by Crippen LogP contribution is -2.76. The first-order chi connectivity index (χ1) is 12.6. The first-order valence-electron chi connectivity index (χ1n) is 7.36. The van der Waals surface area contributed by atoms with E-state index in [1.165, 1.54) is 25.2 Å². The van der Waals surface area contributed by atoms with Crippen molar-refractivity contribution in [3.05, 3.63) is 61.6 Å². The third-order valence-electron chi connectivity index (χ3n) is 3.36. The first kappa shape index (κ1) is 21.9. The van der Waals surface area contributed by atoms with Crippen LogP contribution < -0.4 is 10.9 Å². The minimum Gasteiger partial charge on any atom is -0.284 e. The van der Waals surface area contributed by atoms with E-state index in [0.717, 1.165) is 7.88 Å². The normalized spacial score (nSPS) is 12.3. The van der Waals surface area contributed by atoms with Gasteiger partial charge in [-0.1, -0.05) is 28.4 Å². The minimum absolute atomic E-state index is 0.00553. The Balaban J connectivity index is 2.07. The molecule has 2 aromatic carbocycles. The molecule has 0 bridgehead atoms. The van der Waals surface area contributed by atoms with E-state index >= 15 is 0 Å². The van der Waals surface area contributed by atoms with Crippen LogP contribution in [-0.4, -0.2) is 38.1 Å². The molecule has 7 nitrogen and oxygen atoms in total. The summed E-state index contributed by atoms with van der Waals surface area (Å²) in [4.78, 5) is 16.6. The van der Waals surface area contributed by atoms with Gasteiger partial charge in [0.05, 0.1) is 10.6 Å². The smallest absolute Gasteiger partial charge is 0.284 e. The molecule has 0 atom stereocenters. The first-order valence-corrected chi connectivity index (χ1v) is 10.6. The predicted molar refractivity (Wildman–Crippen MR) is 111 cm³/mol. The molecule has 0 saturated carbocycles. The van der Waals surface area contributed by atoms with E-state index in [0.29, 0.717) is 5.56 Å². The topological polar surface area (TPSA) is 104 Å². The van der Waals surface area contributed by atoms with Crippen molar-refractivity contribution in [1.29, 1.82) is 0 Å². The summed E-state index contributed by atoms with van der Waals surface area (Å²) in [7, 11) is -2.81. The summed E-state index contributed by atoms with van der Waals surface area (Å²) >= 11 is 13.9. The summed E-state index contributed by atoms with van der Waals surface area (Å²) in [6, 6.07) is 11.2. The zero-order valence-corrected chi connectivity index (χ0v) is 18.4. The maximum Gasteiger partial charge on any atom is 0.372 e. The molecule has 3 N–H and O–H groups in total. The Morgan fingerprint density at radius 2 is 1.85 bits per heavy atom. The summed E-state index contributed by atoms with van der Waals surface area (Å²) in [5.74, 6) is -0.740. The Hall–Kier alpha value is -1.40. The number of likely N-dealkylation sites (N-methyl/N-ethyl adjacent to an activating group) is 1. The Morgan fingerprint density at radius 1 is 1.22 bits per heavy atom. The van der Waals surface area contributed by atoms with E-state index in [4.69, 9.17) is 33.8 Å². The van der Waals surface area contributed by atoms with Crippen LogP contribution in [0, 0.1) is 3.57 Å². The molecule has 0 aliphatic rings. The number of carbonyl (C=O) groups excluding carboxylic acids is 1. The summed E-state index contributed by atoms with van der Waals surface area (Å²) in [5.41, 5.74) is 6.42. The number of amidine groups is 1. The Kier molecular flexibility index (Phi) is 7.46. The third-order valence-corrected chi connectivity index (χ3v) is 6.60. The van der Waals surface area contributed by atoms with E-state index in [9.17, 15) is 13.2 Å². The predicted octanol–water partition coefficient (Wildman–Crippen LogP) is 1.16. The number of nitrogens with one attached hydrogen (secondary N) is 1. The van der Waals surface area contributed by atoms with Crippen LogP contribution in [0.3, 0.4) is 0 Å². The van der Waals surface area contributed by atoms with E-state index < -0.39 is 22.5 Å². The number of benzene rings is 2. The molecule has 0 heterocycles. The van der Waals surface area contributed by atoms with Crippen LogP contribution in [0.25, 0.3) is 0 Å². The van der Waals surface area contributed by atoms with Crippen LogP contribution >= 0.6 is 45.8 Å². The van der Waals surface area contributed by atoms with Crippen molar-refractivity contribution in [2.45, 2.75) is 4.90 Å². The van der Waals surface area contributed by atoms with Crippen molar-refractivity contribution in [2.75, 3.05) is 13.6 Å². The number of hydrogen-bond donors (Lipinski definition) is 2. The molecule has 0 radical (unpaired) electrons. The summed E-state index contributed by atoms with van der Waals surface area (Å²) in [6.07, 6.45) is 0. The van der Waals surface area contributed by atoms with Crippen molar-refractivity contribution >= 4 is 67.6 Å². The number of nitrogens with two attached hydrogens (primary N) is 1. The lowest BCUT2D eigenvalue weighted by Gasteiger charge is -2.16. The molecule has 0 aromatic heterocycles. The fraction of sp³-hybridized carbons (Fsp3) is 0.125. The van der Waals surface area contributed by atoms with Crippen LogP contribution in [0.2, 0.25) is 10.0 Å². The van der Waals surface area contributed by atoms with E-state index in [2.05, 4.69) is 27.7 Å². The molecule has 0 amide bonds. The van der Waals surface area contributed by atoms with Gasteiger partial charge in [-0.05, 0) is 65.1 Å². The van der Waals surface area contributed by atoms with E-state index in [1.807, 2.05) is 12.1 Å². The van der Waals surface area contributed by atoms with E-state index in [-0.39, 0.29) is 20.8 Å². The van der Waals surface area contributed by atoms with Gasteiger partial charge in [-0.2, -0.15) is 4.31 Å². The number of sulfonamides is 1. The third kappa shape index (κ3) is 5.79. The highest BCUT2D eigenvalue weighted by Gasteiger charge is 2.26. The Bertz CT molecular complexity index is 982. The summed E-state index contributed by atoms with van der Waals surface area (Å²) in [6.45, 7) is -0.557. The van der Waals surface area contributed by atoms with Gasteiger partial charge >= 0.3 is 11.8 Å². The maximum atomic E-state index is 12.6. The second-order valence-electron chi connectivity index (χ2n) is 5.33. The second kappa shape index (κ2) is 9.20. The van der Waals surface area contributed by atoms with Crippen LogP contribution in [0.4, 0.5) is 0 Å². The van der Waals surface area contributed by atoms with Gasteiger partial charge in [0.15, 0.2) is 0 Å². The highest BCUT2D eigenvalue weighted by atomic mass is 127. The quantitative estimate of drug-likeness (QED) is 0.187. The number of carbonyl (C=O) groups is 1. The average Bonchev–Trinajstić information content (AvgIpc) is 2.62. The van der Waals surface area contributed by atoms with Crippen molar-refractivity contribution < 1.29 is 23.2 Å². The summed E-state index contributed by atoms with van der Waals surface area (Å²) < 4.78 is 26.9. The highest BCUT2D eigenvalue weighted by Crippen LogP contribution is 2.27. The molecule has 0 aliphatic carbocycles. The standard InChI is InChI=1S/C16H14Cl2IN3O4S/c1-22(27(24,25)14-8-11(17)4-7-13(14)18)9-15(23)26-21-16(20)10-2-5-12(19)6-3-10/h2-8H,9H2,1H3,(H2,20,21)/p+1. The Morgan fingerprint density at radius 3 is 2.48 bits per heavy atom. The van der Waals surface area contributed by atoms with Crippen molar-refractivity contribution in [3.63, 3.8) is 0 Å². The number of halogens is 3. The molecule has 11 heteroatoms. The Labute approximate surface area is 180 Å². The number of hydrogen-bond acceptors (Lipinski definition) is 4. The van der Waals surface area contributed by atoms with Crippen molar-refractivity contribution in [2.24, 2.45) is 5.73 Å². The molecular formula is C16H15Cl2IN3O4S+. The molecule has 27 heavy (non-hydrogen) atoms. The maximum absolute atomic E-state index is 12.6. The van der Waals surface area contributed by atoms with Crippen LogP contribution in [0.5, 0.6) is 0 Å². The number of nitrogens with zero attached hydrogens (tertiary/aromatic N) is 1. The van der Waals surface area contributed by atoms with Crippen LogP contribution in [0.1, 0.15) is 5.56 Å². The molecule has 0 saturated heterocycles. The van der Waals surface area contributed by atoms with Crippen molar-refractivity contribution in [1.82, 2.24) is 4.31 Å². The average molecular weight is 543 g/mol. The largest absolute Gasteiger partial charge is 0.372 e. The van der Waals surface area contributed by atoms with E-state index in [1.54, 1.807) is 12.1 Å². The van der Waals surface area contributed by atoms with Gasteiger partial charge in [0.1, 0.15) is 11.4 Å². The molecule has 2 rings (SSSR count). The van der Waals surface area contributed by atoms with Gasteiger partial charge in [0, 0.05) is 15.6 Å². The highest BCUT2D eigenvalue weighted by molar-refractivity contribution is 14.1. The SMILES string of the molecule is CN(CC(=O)O[NH+]=C(N)c1ccc(I)cc1)S(=O)(=O)c1cc(Cl)ccc1Cl. The molecule has 2 aromatic rings. The number of nitrogen functional groups attached to an aromatic ring is 1. The summed E-state index contributed by atoms with van der Waals surface area (Å²) in [5, 5.41) is 2.51. The molecule has 0 spiro atoms. The van der Waals surface area contributed by atoms with Crippen LogP contribution in [0.15, 0.2) is 47.4 Å². The van der Waals surface area contributed by atoms with Crippen LogP contribution in [-0.2, 0) is 19.7 Å². The monoisotopic (exact) mass is 542 g/mol. The fourth-order valence-corrected chi connectivity index (χ4v) is 4.15. The number of rotatable bonds is 6. The molecule has 0 unspecified atom stereocenters. The molecular weight excluding hydrogens is 528 g/mol. The van der Waals surface area contributed by atoms with Gasteiger partial charge in [-0.15, -0.1) is 0 Å². The van der Waals surface area contributed by atoms with Gasteiger partial charge in [-0.25, -0.2) is 13.2 Å². The van der Waals surface area contributed by atoms with Gasteiger partial charge in [0.2, 0.25) is 10.0 Å². The molecule has 144 valence electrons. The fourth-order valence-electron chi connectivity index (χ4n) is 1.94. The van der Waals surface area contributed by atoms with Gasteiger partial charge in [-0.3, -0.25) is 10.6 Å². The zero-order chi connectivity index (χ0) is 20.2. The van der Waals surface area contributed by atoms with Gasteiger partial charge < -0.3 is 0 Å². The molecule has 0 aliphatic heterocycles. The van der Waals surface area contributed by atoms with Gasteiger partial charge in [0.25, 0.3) is 0 Å².